The molecule has 0 radical (unpaired) electrons. The van der Waals surface area contributed by atoms with E-state index in [-0.39, 0.29) is 13.2 Å². The van der Waals surface area contributed by atoms with Crippen molar-refractivity contribution in [2.24, 2.45) is 0 Å². The molecule has 0 unspecified atom stereocenters. The van der Waals surface area contributed by atoms with E-state index < -0.39 is 12.2 Å². The highest BCUT2D eigenvalue weighted by Gasteiger charge is 2.29. The third-order valence-corrected chi connectivity index (χ3v) is 5.23. The molecule has 0 fully saturated rings. The van der Waals surface area contributed by atoms with E-state index >= 15 is 0 Å². The molecule has 0 bridgehead atoms. The van der Waals surface area contributed by atoms with Gasteiger partial charge in [-0.1, -0.05) is 23.2 Å². The molecular weight excluding hydrogens is 405 g/mol. The van der Waals surface area contributed by atoms with E-state index in [4.69, 9.17) is 32.7 Å². The lowest BCUT2D eigenvalue weighted by atomic mass is 10.0. The van der Waals surface area contributed by atoms with Gasteiger partial charge in [0.05, 0.1) is 10.7 Å². The molecule has 2 amide bonds. The molecule has 0 aliphatic carbocycles. The summed E-state index contributed by atoms with van der Waals surface area (Å²) >= 11 is 12.5. The number of fused-ring (bicyclic) bond motifs is 1. The summed E-state index contributed by atoms with van der Waals surface area (Å²) < 4.78 is 12.8. The van der Waals surface area contributed by atoms with E-state index in [1.54, 1.807) is 12.1 Å². The Labute approximate surface area is 172 Å². The molecule has 0 saturated heterocycles. The van der Waals surface area contributed by atoms with Crippen molar-refractivity contribution in [2.75, 3.05) is 14.1 Å². The SMILES string of the molecule is CNC(=O)OCc1c(COC(=O)NC)c(-c2ccc(Cl)cc2Cl)n2c1CCC2. The van der Waals surface area contributed by atoms with Crippen molar-refractivity contribution in [3.05, 3.63) is 45.1 Å². The number of hydrogen-bond donors (Lipinski definition) is 2. The van der Waals surface area contributed by atoms with Crippen LogP contribution in [-0.4, -0.2) is 30.8 Å². The second-order valence-corrected chi connectivity index (χ2v) is 7.13. The third-order valence-electron chi connectivity index (χ3n) is 4.68. The standard InChI is InChI=1S/C19H21Cl2N3O4/c1-22-18(25)27-9-13-14(10-28-19(26)23-2)17(24-7-3-4-16(13)24)12-6-5-11(20)8-15(12)21/h5-6,8H,3-4,7,9-10H2,1-2H3,(H,22,25)(H,23,26). The smallest absolute Gasteiger partial charge is 0.407 e. The van der Waals surface area contributed by atoms with Crippen LogP contribution in [0.15, 0.2) is 18.2 Å². The molecule has 9 heteroatoms. The van der Waals surface area contributed by atoms with E-state index in [1.165, 1.54) is 14.1 Å². The van der Waals surface area contributed by atoms with Crippen molar-refractivity contribution < 1.29 is 19.1 Å². The number of rotatable bonds is 5. The Bertz CT molecular complexity index is 911. The highest BCUT2D eigenvalue weighted by atomic mass is 35.5. The first kappa shape index (κ1) is 20.4. The van der Waals surface area contributed by atoms with Gasteiger partial charge in [-0.25, -0.2) is 9.59 Å². The Morgan fingerprint density at radius 2 is 1.71 bits per heavy atom. The molecule has 0 saturated carbocycles. The van der Waals surface area contributed by atoms with Gasteiger partial charge in [0, 0.05) is 48.0 Å². The first-order valence-corrected chi connectivity index (χ1v) is 9.59. The fourth-order valence-corrected chi connectivity index (χ4v) is 3.95. The predicted octanol–water partition coefficient (Wildman–Crippen LogP) is 4.12. The van der Waals surface area contributed by atoms with Crippen LogP contribution in [0, 0.1) is 0 Å². The Morgan fingerprint density at radius 1 is 1.07 bits per heavy atom. The summed E-state index contributed by atoms with van der Waals surface area (Å²) in [6.45, 7) is 0.906. The minimum Gasteiger partial charge on any atom is -0.445 e. The van der Waals surface area contributed by atoms with Crippen molar-refractivity contribution in [1.82, 2.24) is 15.2 Å². The van der Waals surface area contributed by atoms with Crippen LogP contribution < -0.4 is 10.6 Å². The highest BCUT2D eigenvalue weighted by Crippen LogP contribution is 2.40. The second-order valence-electron chi connectivity index (χ2n) is 6.28. The predicted molar refractivity (Wildman–Crippen MR) is 107 cm³/mol. The number of aromatic nitrogens is 1. The Balaban J connectivity index is 2.10. The minimum absolute atomic E-state index is 0.0282. The lowest BCUT2D eigenvalue weighted by Gasteiger charge is -2.13. The maximum atomic E-state index is 11.7. The van der Waals surface area contributed by atoms with Gasteiger partial charge in [0.15, 0.2) is 0 Å². The van der Waals surface area contributed by atoms with E-state index in [2.05, 4.69) is 15.2 Å². The second kappa shape index (κ2) is 8.75. The summed E-state index contributed by atoms with van der Waals surface area (Å²) in [6.07, 6.45) is 0.738. The number of benzene rings is 1. The maximum absolute atomic E-state index is 11.7. The number of halogens is 2. The summed E-state index contributed by atoms with van der Waals surface area (Å²) in [4.78, 5) is 23.3. The topological polar surface area (TPSA) is 81.6 Å². The largest absolute Gasteiger partial charge is 0.445 e. The van der Waals surface area contributed by atoms with E-state index in [0.29, 0.717) is 10.0 Å². The number of nitrogens with zero attached hydrogens (tertiary/aromatic N) is 1. The Morgan fingerprint density at radius 3 is 2.32 bits per heavy atom. The van der Waals surface area contributed by atoms with Crippen LogP contribution in [0.4, 0.5) is 9.59 Å². The molecule has 150 valence electrons. The fourth-order valence-electron chi connectivity index (χ4n) is 3.45. The first-order valence-electron chi connectivity index (χ1n) is 8.83. The summed E-state index contributed by atoms with van der Waals surface area (Å²) in [5.41, 5.74) is 4.31. The molecule has 28 heavy (non-hydrogen) atoms. The molecule has 2 heterocycles. The van der Waals surface area contributed by atoms with Gasteiger partial charge in [0.1, 0.15) is 13.2 Å². The molecule has 2 aromatic rings. The fraction of sp³-hybridized carbons (Fsp3) is 0.368. The van der Waals surface area contributed by atoms with E-state index in [9.17, 15) is 9.59 Å². The third kappa shape index (κ3) is 4.05. The average molecular weight is 426 g/mol. The van der Waals surface area contributed by atoms with E-state index in [0.717, 1.165) is 47.5 Å². The zero-order valence-corrected chi connectivity index (χ0v) is 17.1. The van der Waals surface area contributed by atoms with Crippen LogP contribution >= 0.6 is 23.2 Å². The van der Waals surface area contributed by atoms with Crippen molar-refractivity contribution in [3.8, 4) is 11.3 Å². The Hall–Kier alpha value is -2.38. The quantitative estimate of drug-likeness (QED) is 0.754. The molecule has 1 aromatic carbocycles. The molecule has 1 aliphatic rings. The molecule has 2 N–H and O–H groups in total. The minimum atomic E-state index is -0.544. The molecule has 3 rings (SSSR count). The van der Waals surface area contributed by atoms with Gasteiger partial charge < -0.3 is 24.7 Å². The van der Waals surface area contributed by atoms with Crippen molar-refractivity contribution >= 4 is 35.4 Å². The van der Waals surface area contributed by atoms with Gasteiger partial charge in [-0.2, -0.15) is 0 Å². The molecule has 1 aromatic heterocycles. The Kier molecular flexibility index (Phi) is 6.36. The molecule has 0 spiro atoms. The van der Waals surface area contributed by atoms with Gasteiger partial charge in [0.2, 0.25) is 0 Å². The van der Waals surface area contributed by atoms with Crippen molar-refractivity contribution in [2.45, 2.75) is 32.6 Å². The number of ether oxygens (including phenoxy) is 2. The number of carbonyl (C=O) groups is 2. The van der Waals surface area contributed by atoms with Gasteiger partial charge >= 0.3 is 12.2 Å². The van der Waals surface area contributed by atoms with Gasteiger partial charge in [-0.05, 0) is 31.0 Å². The average Bonchev–Trinajstić information content (AvgIpc) is 3.25. The van der Waals surface area contributed by atoms with Crippen LogP contribution in [0.25, 0.3) is 11.3 Å². The lowest BCUT2D eigenvalue weighted by Crippen LogP contribution is -2.20. The summed E-state index contributed by atoms with van der Waals surface area (Å²) in [5, 5.41) is 5.91. The van der Waals surface area contributed by atoms with Gasteiger partial charge in [-0.3, -0.25) is 0 Å². The molecule has 1 aliphatic heterocycles. The maximum Gasteiger partial charge on any atom is 0.407 e. The zero-order chi connectivity index (χ0) is 20.3. The zero-order valence-electron chi connectivity index (χ0n) is 15.6. The number of alkyl carbamates (subject to hydrolysis) is 2. The van der Waals surface area contributed by atoms with Crippen LogP contribution in [-0.2, 0) is 35.7 Å². The normalized spacial score (nSPS) is 12.4. The number of hydrogen-bond acceptors (Lipinski definition) is 4. The van der Waals surface area contributed by atoms with Gasteiger partial charge in [-0.15, -0.1) is 0 Å². The highest BCUT2D eigenvalue weighted by molar-refractivity contribution is 6.36. The summed E-state index contributed by atoms with van der Waals surface area (Å²) in [5.74, 6) is 0. The van der Waals surface area contributed by atoms with Gasteiger partial charge in [0.25, 0.3) is 0 Å². The van der Waals surface area contributed by atoms with Crippen LogP contribution in [0.1, 0.15) is 23.2 Å². The number of amides is 2. The number of nitrogens with one attached hydrogen (secondary N) is 2. The number of carbonyl (C=O) groups excluding carboxylic acids is 2. The van der Waals surface area contributed by atoms with Crippen LogP contribution in [0.2, 0.25) is 10.0 Å². The van der Waals surface area contributed by atoms with Crippen molar-refractivity contribution in [1.29, 1.82) is 0 Å². The first-order chi connectivity index (χ1) is 13.5. The molecular formula is C19H21Cl2N3O4. The lowest BCUT2D eigenvalue weighted by molar-refractivity contribution is 0.134. The summed E-state index contributed by atoms with van der Waals surface area (Å²) in [7, 11) is 3.00. The molecule has 7 nitrogen and oxygen atoms in total. The summed E-state index contributed by atoms with van der Waals surface area (Å²) in [6, 6.07) is 5.29. The monoisotopic (exact) mass is 425 g/mol. The van der Waals surface area contributed by atoms with Crippen LogP contribution in [0.3, 0.4) is 0 Å². The molecule has 0 atom stereocenters. The van der Waals surface area contributed by atoms with Crippen LogP contribution in [0.5, 0.6) is 0 Å². The van der Waals surface area contributed by atoms with E-state index in [1.807, 2.05) is 6.07 Å². The van der Waals surface area contributed by atoms with Crippen molar-refractivity contribution in [3.63, 3.8) is 0 Å².